The Hall–Kier alpha value is -4.44. The van der Waals surface area contributed by atoms with Crippen molar-refractivity contribution in [3.8, 4) is 28.7 Å². The van der Waals surface area contributed by atoms with Gasteiger partial charge in [-0.05, 0) is 43.3 Å². The lowest BCUT2D eigenvalue weighted by atomic mass is 9.85. The fourth-order valence-corrected chi connectivity index (χ4v) is 5.37. The molecule has 0 aromatic heterocycles. The second-order valence-electron chi connectivity index (χ2n) is 9.16. The van der Waals surface area contributed by atoms with Crippen LogP contribution >= 0.6 is 0 Å². The molecule has 3 heterocycles. The van der Waals surface area contributed by atoms with Crippen molar-refractivity contribution >= 4 is 17.7 Å². The maximum atomic E-state index is 13.3. The Labute approximate surface area is 218 Å². The third-order valence-electron chi connectivity index (χ3n) is 7.07. The van der Waals surface area contributed by atoms with Gasteiger partial charge in [0, 0.05) is 23.4 Å². The van der Waals surface area contributed by atoms with Crippen molar-refractivity contribution in [1.82, 2.24) is 4.90 Å². The summed E-state index contributed by atoms with van der Waals surface area (Å²) in [6, 6.07) is 13.9. The normalized spacial score (nSPS) is 19.3. The SMILES string of the molecule is COc1ccc2c(c1OC(=O)Nc1ccccc1)C(=O)O[C@@H]2C1c2c(cc3c(c2OC)OCO3)CCN1C. The van der Waals surface area contributed by atoms with E-state index in [9.17, 15) is 9.59 Å². The van der Waals surface area contributed by atoms with Crippen LogP contribution in [0.4, 0.5) is 10.5 Å². The molecule has 3 aromatic rings. The molecule has 0 spiro atoms. The maximum absolute atomic E-state index is 13.3. The van der Waals surface area contributed by atoms with Gasteiger partial charge in [0.2, 0.25) is 12.5 Å². The average Bonchev–Trinajstić information content (AvgIpc) is 3.52. The number of fused-ring (bicyclic) bond motifs is 3. The molecule has 2 atom stereocenters. The first-order valence-electron chi connectivity index (χ1n) is 12.2. The Morgan fingerprint density at radius 1 is 1.05 bits per heavy atom. The first-order valence-corrected chi connectivity index (χ1v) is 12.2. The van der Waals surface area contributed by atoms with Gasteiger partial charge in [-0.1, -0.05) is 24.3 Å². The summed E-state index contributed by atoms with van der Waals surface area (Å²) in [5.41, 5.74) is 3.19. The van der Waals surface area contributed by atoms with Crippen molar-refractivity contribution in [2.75, 3.05) is 39.9 Å². The highest BCUT2D eigenvalue weighted by Gasteiger charge is 2.46. The number of carbonyl (C=O) groups is 2. The molecule has 1 amide bonds. The molecule has 1 N–H and O–H groups in total. The zero-order chi connectivity index (χ0) is 26.4. The number of esters is 1. The van der Waals surface area contributed by atoms with Crippen LogP contribution in [-0.4, -0.2) is 51.6 Å². The minimum Gasteiger partial charge on any atom is -0.493 e. The van der Waals surface area contributed by atoms with E-state index < -0.39 is 18.2 Å². The number of nitrogens with one attached hydrogen (secondary N) is 1. The molecule has 0 bridgehead atoms. The number of likely N-dealkylation sites (N-methyl/N-ethyl adjacent to an activating group) is 1. The van der Waals surface area contributed by atoms with E-state index >= 15 is 0 Å². The zero-order valence-electron chi connectivity index (χ0n) is 21.1. The number of rotatable bonds is 5. The topological polar surface area (TPSA) is 105 Å². The van der Waals surface area contributed by atoms with Gasteiger partial charge in [0.1, 0.15) is 11.7 Å². The molecule has 3 aliphatic rings. The second-order valence-corrected chi connectivity index (χ2v) is 9.16. The number of hydrogen-bond donors (Lipinski definition) is 1. The van der Waals surface area contributed by atoms with Gasteiger partial charge in [-0.25, -0.2) is 9.59 Å². The summed E-state index contributed by atoms with van der Waals surface area (Å²) in [5, 5.41) is 2.66. The molecule has 10 nitrogen and oxygen atoms in total. The van der Waals surface area contributed by atoms with Crippen molar-refractivity contribution in [3.05, 3.63) is 70.8 Å². The van der Waals surface area contributed by atoms with Gasteiger partial charge in [0.15, 0.2) is 23.0 Å². The first kappa shape index (κ1) is 23.9. The van der Waals surface area contributed by atoms with Crippen molar-refractivity contribution in [1.29, 1.82) is 0 Å². The van der Waals surface area contributed by atoms with E-state index in [0.29, 0.717) is 28.5 Å². The molecule has 10 heteroatoms. The first-order chi connectivity index (χ1) is 18.5. The third kappa shape index (κ3) is 3.84. The minimum atomic E-state index is -0.756. The van der Waals surface area contributed by atoms with E-state index in [1.807, 2.05) is 19.2 Å². The van der Waals surface area contributed by atoms with E-state index in [1.165, 1.54) is 7.11 Å². The molecule has 6 rings (SSSR count). The number of cyclic esters (lactones) is 1. The number of methoxy groups -OCH3 is 2. The molecule has 196 valence electrons. The highest BCUT2D eigenvalue weighted by Crippen LogP contribution is 2.55. The van der Waals surface area contributed by atoms with Gasteiger partial charge in [-0.3, -0.25) is 10.2 Å². The molecule has 0 radical (unpaired) electrons. The summed E-state index contributed by atoms with van der Waals surface area (Å²) in [6.45, 7) is 0.838. The molecule has 0 saturated heterocycles. The van der Waals surface area contributed by atoms with Crippen LogP contribution in [0.3, 0.4) is 0 Å². The Bertz CT molecular complexity index is 1420. The monoisotopic (exact) mass is 518 g/mol. The van der Waals surface area contributed by atoms with Gasteiger partial charge in [-0.15, -0.1) is 0 Å². The summed E-state index contributed by atoms with van der Waals surface area (Å²) >= 11 is 0. The number of para-hydroxylation sites is 1. The summed E-state index contributed by atoms with van der Waals surface area (Å²) in [5.74, 6) is 1.37. The highest BCUT2D eigenvalue weighted by molar-refractivity contribution is 6.00. The van der Waals surface area contributed by atoms with Crippen LogP contribution in [0.2, 0.25) is 0 Å². The standard InChI is InChI=1S/C28H26N2O8/c1-30-12-11-15-13-19-25(36-14-35-19)26(34-3)20(15)22(30)23-17-9-10-18(33-2)24(21(17)27(31)37-23)38-28(32)29-16-7-5-4-6-8-16/h4-10,13,22-23H,11-12,14H2,1-3H3,(H,29,32)/t22?,23-/m0/s1. The van der Waals surface area contributed by atoms with Crippen molar-refractivity contribution in [2.45, 2.75) is 18.6 Å². The van der Waals surface area contributed by atoms with Gasteiger partial charge in [-0.2, -0.15) is 0 Å². The third-order valence-corrected chi connectivity index (χ3v) is 7.07. The summed E-state index contributed by atoms with van der Waals surface area (Å²) < 4.78 is 34.2. The average molecular weight is 519 g/mol. The molecular formula is C28H26N2O8. The minimum absolute atomic E-state index is 0.00210. The summed E-state index contributed by atoms with van der Waals surface area (Å²) in [6.07, 6.45) is -0.686. The summed E-state index contributed by atoms with van der Waals surface area (Å²) in [7, 11) is 5.00. The number of nitrogens with zero attached hydrogens (tertiary/aromatic N) is 1. The summed E-state index contributed by atoms with van der Waals surface area (Å²) in [4.78, 5) is 28.2. The Morgan fingerprint density at radius 3 is 2.63 bits per heavy atom. The van der Waals surface area contributed by atoms with Crippen molar-refractivity contribution in [2.24, 2.45) is 0 Å². The van der Waals surface area contributed by atoms with Crippen LogP contribution in [-0.2, 0) is 11.2 Å². The number of anilines is 1. The van der Waals surface area contributed by atoms with Crippen molar-refractivity contribution in [3.63, 3.8) is 0 Å². The van der Waals surface area contributed by atoms with E-state index in [0.717, 1.165) is 24.1 Å². The molecule has 3 aliphatic heterocycles. The van der Waals surface area contributed by atoms with Gasteiger partial charge in [0.05, 0.1) is 20.3 Å². The predicted molar refractivity (Wildman–Crippen MR) is 135 cm³/mol. The van der Waals surface area contributed by atoms with Crippen LogP contribution in [0.15, 0.2) is 48.5 Å². The Balaban J connectivity index is 1.41. The number of amides is 1. The molecule has 0 fully saturated rings. The lowest BCUT2D eigenvalue weighted by molar-refractivity contribution is 0.00876. The van der Waals surface area contributed by atoms with Gasteiger partial charge >= 0.3 is 12.1 Å². The van der Waals surface area contributed by atoms with E-state index in [4.69, 9.17) is 28.4 Å². The second kappa shape index (κ2) is 9.46. The van der Waals surface area contributed by atoms with Crippen LogP contribution in [0.25, 0.3) is 0 Å². The predicted octanol–water partition coefficient (Wildman–Crippen LogP) is 4.48. The van der Waals surface area contributed by atoms with Gasteiger partial charge in [0.25, 0.3) is 0 Å². The number of carbonyl (C=O) groups excluding carboxylic acids is 2. The lowest BCUT2D eigenvalue weighted by Crippen LogP contribution is -2.36. The fourth-order valence-electron chi connectivity index (χ4n) is 5.37. The van der Waals surface area contributed by atoms with Crippen LogP contribution in [0.5, 0.6) is 28.7 Å². The molecule has 3 aromatic carbocycles. The zero-order valence-corrected chi connectivity index (χ0v) is 21.1. The van der Waals surface area contributed by atoms with E-state index in [-0.39, 0.29) is 29.9 Å². The Morgan fingerprint density at radius 2 is 1.87 bits per heavy atom. The molecule has 1 unspecified atom stereocenters. The fraction of sp³-hybridized carbons (Fsp3) is 0.286. The number of benzene rings is 3. The van der Waals surface area contributed by atoms with E-state index in [1.54, 1.807) is 43.5 Å². The largest absolute Gasteiger partial charge is 0.493 e. The molecular weight excluding hydrogens is 492 g/mol. The van der Waals surface area contributed by atoms with Crippen LogP contribution in [0, 0.1) is 0 Å². The lowest BCUT2D eigenvalue weighted by Gasteiger charge is -2.38. The number of ether oxygens (including phenoxy) is 6. The Kier molecular flexibility index (Phi) is 5.96. The molecule has 0 aliphatic carbocycles. The molecule has 0 saturated carbocycles. The highest BCUT2D eigenvalue weighted by atomic mass is 16.7. The molecule has 38 heavy (non-hydrogen) atoms. The van der Waals surface area contributed by atoms with Crippen molar-refractivity contribution < 1.29 is 38.0 Å². The quantitative estimate of drug-likeness (QED) is 0.490. The smallest absolute Gasteiger partial charge is 0.417 e. The van der Waals surface area contributed by atoms with Gasteiger partial charge < -0.3 is 28.4 Å². The van der Waals surface area contributed by atoms with Crippen LogP contribution in [0.1, 0.15) is 39.2 Å². The maximum Gasteiger partial charge on any atom is 0.417 e. The number of hydrogen-bond acceptors (Lipinski definition) is 9. The van der Waals surface area contributed by atoms with E-state index in [2.05, 4.69) is 10.2 Å². The van der Waals surface area contributed by atoms with Crippen LogP contribution < -0.4 is 29.0 Å².